The largest absolute Gasteiger partial charge is 0.480 e. The number of carboxylic acid groups (broad SMARTS) is 1. The highest BCUT2D eigenvalue weighted by molar-refractivity contribution is 7.99. The van der Waals surface area contributed by atoms with Crippen LogP contribution in [-0.4, -0.2) is 47.2 Å². The van der Waals surface area contributed by atoms with Crippen molar-refractivity contribution in [3.05, 3.63) is 0 Å². The second-order valence-electron chi connectivity index (χ2n) is 5.31. The van der Waals surface area contributed by atoms with Gasteiger partial charge in [-0.3, -0.25) is 4.79 Å². The molecule has 0 spiro atoms. The fourth-order valence-electron chi connectivity index (χ4n) is 2.64. The molecule has 6 heteroatoms. The molecule has 0 aromatic heterocycles. The molecule has 2 saturated heterocycles. The summed E-state index contributed by atoms with van der Waals surface area (Å²) < 4.78 is 5.19. The lowest BCUT2D eigenvalue weighted by Crippen LogP contribution is -2.57. The van der Waals surface area contributed by atoms with E-state index in [0.717, 1.165) is 24.3 Å². The van der Waals surface area contributed by atoms with Gasteiger partial charge in [-0.25, -0.2) is 4.79 Å². The Bertz CT molecular complexity index is 336. The van der Waals surface area contributed by atoms with E-state index in [1.165, 1.54) is 0 Å². The highest BCUT2D eigenvalue weighted by Crippen LogP contribution is 2.26. The number of amides is 1. The molecule has 0 unspecified atom stereocenters. The number of aliphatic carboxylic acids is 1. The zero-order valence-electron chi connectivity index (χ0n) is 11.0. The fraction of sp³-hybridized carbons (Fsp3) is 0.846. The molecular weight excluding hydrogens is 266 g/mol. The molecule has 108 valence electrons. The molecule has 0 radical (unpaired) electrons. The van der Waals surface area contributed by atoms with Crippen LogP contribution in [-0.2, 0) is 14.3 Å². The Labute approximate surface area is 117 Å². The predicted molar refractivity (Wildman–Crippen MR) is 73.2 cm³/mol. The number of hydrogen-bond donors (Lipinski definition) is 2. The molecule has 2 N–H and O–H groups in total. The normalized spacial score (nSPS) is 23.8. The smallest absolute Gasteiger partial charge is 0.329 e. The van der Waals surface area contributed by atoms with E-state index in [-0.39, 0.29) is 5.91 Å². The quantitative estimate of drug-likeness (QED) is 0.814. The summed E-state index contributed by atoms with van der Waals surface area (Å²) in [4.78, 5) is 23.5. The molecule has 0 saturated carbocycles. The van der Waals surface area contributed by atoms with Gasteiger partial charge in [-0.1, -0.05) is 0 Å². The molecule has 2 heterocycles. The van der Waals surface area contributed by atoms with Crippen LogP contribution >= 0.6 is 11.8 Å². The van der Waals surface area contributed by atoms with Crippen LogP contribution < -0.4 is 5.32 Å². The first-order valence-corrected chi connectivity index (χ1v) is 7.98. The van der Waals surface area contributed by atoms with Crippen LogP contribution in [0.25, 0.3) is 0 Å². The summed E-state index contributed by atoms with van der Waals surface area (Å²) in [6, 6.07) is 0. The van der Waals surface area contributed by atoms with E-state index in [2.05, 4.69) is 5.32 Å². The highest BCUT2D eigenvalue weighted by atomic mass is 32.2. The van der Waals surface area contributed by atoms with E-state index >= 15 is 0 Å². The van der Waals surface area contributed by atoms with Gasteiger partial charge in [0.05, 0.1) is 0 Å². The van der Waals surface area contributed by atoms with E-state index in [1.54, 1.807) is 0 Å². The third-order valence-corrected chi connectivity index (χ3v) is 5.00. The molecule has 0 aromatic rings. The van der Waals surface area contributed by atoms with Gasteiger partial charge in [0.1, 0.15) is 5.54 Å². The van der Waals surface area contributed by atoms with E-state index in [4.69, 9.17) is 4.74 Å². The monoisotopic (exact) mass is 287 g/mol. The molecule has 2 aliphatic heterocycles. The maximum Gasteiger partial charge on any atom is 0.329 e. The number of carbonyl (C=O) groups is 2. The zero-order chi connectivity index (χ0) is 13.7. The molecule has 1 amide bonds. The Morgan fingerprint density at radius 1 is 1.26 bits per heavy atom. The summed E-state index contributed by atoms with van der Waals surface area (Å²) >= 11 is 1.92. The second-order valence-corrected chi connectivity index (χ2v) is 6.53. The number of carboxylic acids is 1. The highest BCUT2D eigenvalue weighted by Gasteiger charge is 2.41. The number of ether oxygens (including phenoxy) is 1. The number of rotatable bonds is 4. The maximum absolute atomic E-state index is 12.1. The fourth-order valence-corrected chi connectivity index (χ4v) is 3.85. The molecule has 0 aromatic carbocycles. The van der Waals surface area contributed by atoms with Crippen LogP contribution in [0, 0.1) is 5.92 Å². The number of carbonyl (C=O) groups excluding carboxylic acids is 1. The van der Waals surface area contributed by atoms with Crippen LogP contribution in [0.15, 0.2) is 0 Å². The van der Waals surface area contributed by atoms with Gasteiger partial charge in [0.15, 0.2) is 0 Å². The SMILES string of the molecule is O=C(CC1CCSCC1)NC1(C(=O)O)CCOCC1. The summed E-state index contributed by atoms with van der Waals surface area (Å²) in [5.41, 5.74) is -1.11. The Balaban J connectivity index is 1.89. The minimum absolute atomic E-state index is 0.124. The van der Waals surface area contributed by atoms with Gasteiger partial charge in [-0.15, -0.1) is 0 Å². The van der Waals surface area contributed by atoms with E-state index in [0.29, 0.717) is 38.4 Å². The maximum atomic E-state index is 12.1. The van der Waals surface area contributed by atoms with Crippen LogP contribution in [0.2, 0.25) is 0 Å². The summed E-state index contributed by atoms with van der Waals surface area (Å²) in [5.74, 6) is 1.56. The van der Waals surface area contributed by atoms with E-state index in [1.807, 2.05) is 11.8 Å². The van der Waals surface area contributed by atoms with Gasteiger partial charge in [-0.2, -0.15) is 11.8 Å². The minimum atomic E-state index is -1.11. The summed E-state index contributed by atoms with van der Waals surface area (Å²) in [5, 5.41) is 12.1. The Kier molecular flexibility index (Phi) is 5.10. The van der Waals surface area contributed by atoms with Crippen molar-refractivity contribution < 1.29 is 19.4 Å². The molecular formula is C13H21NO4S. The summed E-state index contributed by atoms with van der Waals surface area (Å²) in [7, 11) is 0. The first kappa shape index (κ1) is 14.7. The lowest BCUT2D eigenvalue weighted by molar-refractivity contribution is -0.152. The van der Waals surface area contributed by atoms with Crippen LogP contribution in [0.4, 0.5) is 0 Å². The molecule has 0 aliphatic carbocycles. The van der Waals surface area contributed by atoms with Crippen molar-refractivity contribution >= 4 is 23.6 Å². The van der Waals surface area contributed by atoms with Gasteiger partial charge in [0.25, 0.3) is 0 Å². The van der Waals surface area contributed by atoms with Crippen LogP contribution in [0.1, 0.15) is 32.1 Å². The van der Waals surface area contributed by atoms with E-state index < -0.39 is 11.5 Å². The van der Waals surface area contributed by atoms with Gasteiger partial charge < -0.3 is 15.2 Å². The van der Waals surface area contributed by atoms with Crippen molar-refractivity contribution in [3.63, 3.8) is 0 Å². The average Bonchev–Trinajstić information content (AvgIpc) is 2.40. The van der Waals surface area contributed by atoms with Gasteiger partial charge in [-0.05, 0) is 30.3 Å². The third-order valence-electron chi connectivity index (χ3n) is 3.95. The molecule has 0 atom stereocenters. The Morgan fingerprint density at radius 2 is 1.89 bits per heavy atom. The first-order chi connectivity index (χ1) is 9.12. The summed E-state index contributed by atoms with van der Waals surface area (Å²) in [6.45, 7) is 0.791. The van der Waals surface area contributed by atoms with Gasteiger partial charge in [0, 0.05) is 32.5 Å². The molecule has 2 aliphatic rings. The van der Waals surface area contributed by atoms with Crippen molar-refractivity contribution in [2.24, 2.45) is 5.92 Å². The van der Waals surface area contributed by atoms with Crippen LogP contribution in [0.5, 0.6) is 0 Å². The first-order valence-electron chi connectivity index (χ1n) is 6.82. The minimum Gasteiger partial charge on any atom is -0.480 e. The zero-order valence-corrected chi connectivity index (χ0v) is 11.8. The molecule has 19 heavy (non-hydrogen) atoms. The summed E-state index contributed by atoms with van der Waals surface area (Å²) in [6.07, 6.45) is 3.28. The lowest BCUT2D eigenvalue weighted by atomic mass is 9.89. The number of thioether (sulfide) groups is 1. The number of hydrogen-bond acceptors (Lipinski definition) is 4. The van der Waals surface area contributed by atoms with Gasteiger partial charge >= 0.3 is 5.97 Å². The van der Waals surface area contributed by atoms with Crippen molar-refractivity contribution in [3.8, 4) is 0 Å². The Morgan fingerprint density at radius 3 is 2.47 bits per heavy atom. The molecule has 0 bridgehead atoms. The lowest BCUT2D eigenvalue weighted by Gasteiger charge is -2.34. The van der Waals surface area contributed by atoms with Gasteiger partial charge in [0.2, 0.25) is 5.91 Å². The second kappa shape index (κ2) is 6.61. The number of nitrogens with one attached hydrogen (secondary N) is 1. The third kappa shape index (κ3) is 3.86. The van der Waals surface area contributed by atoms with Crippen molar-refractivity contribution in [2.45, 2.75) is 37.6 Å². The molecule has 2 fully saturated rings. The molecule has 2 rings (SSSR count). The standard InChI is InChI=1S/C13H21NO4S/c15-11(9-10-1-7-19-8-2-10)14-13(12(16)17)3-5-18-6-4-13/h10H,1-9H2,(H,14,15)(H,16,17). The topological polar surface area (TPSA) is 75.6 Å². The van der Waals surface area contributed by atoms with Crippen molar-refractivity contribution in [1.82, 2.24) is 5.32 Å². The molecule has 5 nitrogen and oxygen atoms in total. The Hall–Kier alpha value is -0.750. The predicted octanol–water partition coefficient (Wildman–Crippen LogP) is 1.27. The van der Waals surface area contributed by atoms with Crippen LogP contribution in [0.3, 0.4) is 0 Å². The van der Waals surface area contributed by atoms with Crippen molar-refractivity contribution in [2.75, 3.05) is 24.7 Å². The van der Waals surface area contributed by atoms with E-state index in [9.17, 15) is 14.7 Å². The average molecular weight is 287 g/mol. The van der Waals surface area contributed by atoms with Crippen molar-refractivity contribution in [1.29, 1.82) is 0 Å².